The second-order valence-electron chi connectivity index (χ2n) is 4.97. The maximum Gasteiger partial charge on any atom is 0.159 e. The van der Waals surface area contributed by atoms with E-state index in [2.05, 4.69) is 15.4 Å². The third-order valence-electron chi connectivity index (χ3n) is 3.31. The first-order valence-corrected chi connectivity index (χ1v) is 6.35. The lowest BCUT2D eigenvalue weighted by atomic mass is 10.0. The molecule has 104 valence electrons. The fourth-order valence-corrected chi connectivity index (χ4v) is 2.14. The molecule has 0 aromatic carbocycles. The lowest BCUT2D eigenvalue weighted by Crippen LogP contribution is -2.30. The van der Waals surface area contributed by atoms with Gasteiger partial charge in [0.1, 0.15) is 11.4 Å². The zero-order valence-electron chi connectivity index (χ0n) is 11.4. The molecule has 0 aliphatic heterocycles. The van der Waals surface area contributed by atoms with Crippen molar-refractivity contribution in [1.82, 2.24) is 14.8 Å². The first kappa shape index (κ1) is 12.7. The first-order chi connectivity index (χ1) is 9.58. The number of nitrogens with one attached hydrogen (secondary N) is 1. The number of furan rings is 1. The van der Waals surface area contributed by atoms with Crippen LogP contribution in [0.1, 0.15) is 12.7 Å². The van der Waals surface area contributed by atoms with Gasteiger partial charge in [0.05, 0.1) is 24.4 Å². The molecule has 0 saturated heterocycles. The Morgan fingerprint density at radius 3 is 3.05 bits per heavy atom. The molecule has 1 atom stereocenters. The van der Waals surface area contributed by atoms with Gasteiger partial charge in [-0.05, 0) is 25.1 Å². The van der Waals surface area contributed by atoms with Crippen molar-refractivity contribution in [3.05, 3.63) is 42.6 Å². The molecular weight excluding hydrogens is 256 g/mol. The molecule has 0 unspecified atom stereocenters. The van der Waals surface area contributed by atoms with Crippen LogP contribution < -0.4 is 5.32 Å². The van der Waals surface area contributed by atoms with Crippen molar-refractivity contribution in [1.29, 1.82) is 0 Å². The van der Waals surface area contributed by atoms with Crippen molar-refractivity contribution in [3.8, 4) is 0 Å². The lowest BCUT2D eigenvalue weighted by molar-refractivity contribution is 0.0477. The molecule has 6 heteroatoms. The van der Waals surface area contributed by atoms with E-state index in [1.165, 1.54) is 0 Å². The van der Waals surface area contributed by atoms with Gasteiger partial charge in [-0.3, -0.25) is 4.68 Å². The van der Waals surface area contributed by atoms with Crippen LogP contribution in [0.25, 0.3) is 11.0 Å². The van der Waals surface area contributed by atoms with E-state index in [-0.39, 0.29) is 0 Å². The average molecular weight is 272 g/mol. The quantitative estimate of drug-likeness (QED) is 0.758. The normalized spacial score (nSPS) is 14.3. The summed E-state index contributed by atoms with van der Waals surface area (Å²) in [5, 5.41) is 18.8. The highest BCUT2D eigenvalue weighted by molar-refractivity contribution is 5.88. The molecule has 0 spiro atoms. The van der Waals surface area contributed by atoms with Crippen molar-refractivity contribution in [3.63, 3.8) is 0 Å². The molecule has 3 heterocycles. The van der Waals surface area contributed by atoms with E-state index in [9.17, 15) is 5.11 Å². The zero-order chi connectivity index (χ0) is 14.2. The molecule has 20 heavy (non-hydrogen) atoms. The van der Waals surface area contributed by atoms with Gasteiger partial charge in [0.15, 0.2) is 5.65 Å². The van der Waals surface area contributed by atoms with Crippen LogP contribution in [0.15, 0.2) is 41.3 Å². The van der Waals surface area contributed by atoms with E-state index in [4.69, 9.17) is 4.42 Å². The van der Waals surface area contributed by atoms with Gasteiger partial charge >= 0.3 is 0 Å². The van der Waals surface area contributed by atoms with E-state index in [1.54, 1.807) is 42.4 Å². The number of aliphatic hydroxyl groups is 1. The Labute approximate surface area is 116 Å². The van der Waals surface area contributed by atoms with Gasteiger partial charge in [-0.1, -0.05) is 0 Å². The summed E-state index contributed by atoms with van der Waals surface area (Å²) in [6.45, 7) is 2.04. The number of pyridine rings is 1. The molecule has 3 rings (SSSR count). The van der Waals surface area contributed by atoms with Gasteiger partial charge in [-0.25, -0.2) is 4.98 Å². The molecule has 2 N–H and O–H groups in total. The van der Waals surface area contributed by atoms with Crippen LogP contribution in [-0.2, 0) is 12.6 Å². The number of aryl methyl sites for hydroxylation is 1. The molecule has 0 saturated carbocycles. The first-order valence-electron chi connectivity index (χ1n) is 6.35. The molecule has 0 aliphatic rings. The smallest absolute Gasteiger partial charge is 0.159 e. The zero-order valence-corrected chi connectivity index (χ0v) is 11.4. The van der Waals surface area contributed by atoms with Crippen molar-refractivity contribution in [2.75, 3.05) is 11.9 Å². The van der Waals surface area contributed by atoms with E-state index >= 15 is 0 Å². The molecule has 0 fully saturated rings. The Kier molecular flexibility index (Phi) is 2.94. The summed E-state index contributed by atoms with van der Waals surface area (Å²) in [6, 6.07) is 5.38. The second kappa shape index (κ2) is 4.64. The van der Waals surface area contributed by atoms with Crippen LogP contribution in [-0.4, -0.2) is 26.4 Å². The summed E-state index contributed by atoms with van der Waals surface area (Å²) in [5.74, 6) is 0.529. The number of hydrogen-bond donors (Lipinski definition) is 2. The third kappa shape index (κ3) is 2.14. The van der Waals surface area contributed by atoms with E-state index in [0.29, 0.717) is 12.3 Å². The summed E-state index contributed by atoms with van der Waals surface area (Å²) >= 11 is 0. The van der Waals surface area contributed by atoms with E-state index in [0.717, 1.165) is 16.7 Å². The summed E-state index contributed by atoms with van der Waals surface area (Å²) in [6.07, 6.45) is 5.02. The summed E-state index contributed by atoms with van der Waals surface area (Å²) < 4.78 is 6.97. The summed E-state index contributed by atoms with van der Waals surface area (Å²) in [4.78, 5) is 4.28. The van der Waals surface area contributed by atoms with Crippen molar-refractivity contribution < 1.29 is 9.52 Å². The van der Waals surface area contributed by atoms with Gasteiger partial charge in [0.2, 0.25) is 0 Å². The molecular formula is C14H16N4O2. The van der Waals surface area contributed by atoms with Crippen molar-refractivity contribution in [2.24, 2.45) is 7.05 Å². The second-order valence-corrected chi connectivity index (χ2v) is 4.97. The van der Waals surface area contributed by atoms with Gasteiger partial charge < -0.3 is 14.8 Å². The van der Waals surface area contributed by atoms with Crippen LogP contribution in [0, 0.1) is 0 Å². The summed E-state index contributed by atoms with van der Waals surface area (Å²) in [7, 11) is 1.85. The Bertz CT molecular complexity index is 716. The lowest BCUT2D eigenvalue weighted by Gasteiger charge is -2.22. The SMILES string of the molecule is Cn1ncc2c(NC[C@](C)(O)c3ccco3)ccnc21. The number of anilines is 1. The maximum absolute atomic E-state index is 10.4. The van der Waals surface area contributed by atoms with Gasteiger partial charge in [0.25, 0.3) is 0 Å². The molecule has 3 aromatic rings. The number of fused-ring (bicyclic) bond motifs is 1. The summed E-state index contributed by atoms with van der Waals surface area (Å²) in [5.41, 5.74) is 0.601. The van der Waals surface area contributed by atoms with Crippen LogP contribution in [0.2, 0.25) is 0 Å². The topological polar surface area (TPSA) is 76.1 Å². The minimum atomic E-state index is -1.08. The number of nitrogens with zero attached hydrogens (tertiary/aromatic N) is 3. The van der Waals surface area contributed by atoms with Gasteiger partial charge in [0, 0.05) is 18.9 Å². The van der Waals surface area contributed by atoms with Crippen molar-refractivity contribution in [2.45, 2.75) is 12.5 Å². The molecule has 0 amide bonds. The molecule has 0 radical (unpaired) electrons. The van der Waals surface area contributed by atoms with Crippen LogP contribution in [0.5, 0.6) is 0 Å². The third-order valence-corrected chi connectivity index (χ3v) is 3.31. The predicted molar refractivity (Wildman–Crippen MR) is 75.3 cm³/mol. The van der Waals surface area contributed by atoms with Crippen LogP contribution >= 0.6 is 0 Å². The number of aromatic nitrogens is 3. The van der Waals surface area contributed by atoms with E-state index < -0.39 is 5.60 Å². The highest BCUT2D eigenvalue weighted by Crippen LogP contribution is 2.25. The largest absolute Gasteiger partial charge is 0.466 e. The predicted octanol–water partition coefficient (Wildman–Crippen LogP) is 1.88. The monoisotopic (exact) mass is 272 g/mol. The molecule has 0 bridgehead atoms. The van der Waals surface area contributed by atoms with Gasteiger partial charge in [-0.2, -0.15) is 5.10 Å². The van der Waals surface area contributed by atoms with Crippen LogP contribution in [0.4, 0.5) is 5.69 Å². The maximum atomic E-state index is 10.4. The number of rotatable bonds is 4. The van der Waals surface area contributed by atoms with Crippen molar-refractivity contribution >= 4 is 16.7 Å². The van der Waals surface area contributed by atoms with E-state index in [1.807, 2.05) is 13.1 Å². The molecule has 6 nitrogen and oxygen atoms in total. The molecule has 0 aliphatic carbocycles. The molecule has 3 aromatic heterocycles. The highest BCUT2D eigenvalue weighted by atomic mass is 16.4. The Morgan fingerprint density at radius 1 is 1.45 bits per heavy atom. The highest BCUT2D eigenvalue weighted by Gasteiger charge is 2.26. The fraction of sp³-hybridized carbons (Fsp3) is 0.286. The Morgan fingerprint density at radius 2 is 2.30 bits per heavy atom. The average Bonchev–Trinajstić information content (AvgIpc) is 3.07. The Hall–Kier alpha value is -2.34. The minimum Gasteiger partial charge on any atom is -0.466 e. The fourth-order valence-electron chi connectivity index (χ4n) is 2.14. The van der Waals surface area contributed by atoms with Gasteiger partial charge in [-0.15, -0.1) is 0 Å². The minimum absolute atomic E-state index is 0.328. The van der Waals surface area contributed by atoms with Crippen LogP contribution in [0.3, 0.4) is 0 Å². The Balaban J connectivity index is 1.84. The number of hydrogen-bond acceptors (Lipinski definition) is 5. The standard InChI is InChI=1S/C14H16N4O2/c1-14(19,12-4-3-7-20-12)9-16-11-5-6-15-13-10(11)8-17-18(13)2/h3-8,19H,9H2,1-2H3,(H,15,16)/t14-/m0/s1.